The molecule has 1 aromatic heterocycles. The summed E-state index contributed by atoms with van der Waals surface area (Å²) in [7, 11) is 1.89. The number of likely N-dealkylation sites (N-methyl/N-ethyl adjacent to an activating group) is 1. The largest absolute Gasteiger partial charge is 0.477 e. The number of aromatic carboxylic acids is 1. The van der Waals surface area contributed by atoms with E-state index in [0.717, 1.165) is 23.9 Å². The van der Waals surface area contributed by atoms with Gasteiger partial charge < -0.3 is 19.5 Å². The third kappa shape index (κ3) is 3.29. The lowest BCUT2D eigenvalue weighted by molar-refractivity contribution is 0.0689. The van der Waals surface area contributed by atoms with E-state index in [2.05, 4.69) is 0 Å². The predicted octanol–water partition coefficient (Wildman–Crippen LogP) is 3.66. The number of carbonyl (C=O) groups is 1. The lowest BCUT2D eigenvalue weighted by atomic mass is 10.1. The van der Waals surface area contributed by atoms with Crippen LogP contribution in [0.2, 0.25) is 0 Å². The summed E-state index contributed by atoms with van der Waals surface area (Å²) in [5.41, 5.74) is -2.29. The highest BCUT2D eigenvalue weighted by atomic mass is 32.2. The predicted molar refractivity (Wildman–Crippen MR) is 115 cm³/mol. The molecular weight excluding hydrogens is 462 g/mol. The Labute approximate surface area is 189 Å². The molecular formula is C22H17F4N3O3S. The molecule has 0 saturated carbocycles. The number of carboxylic acid groups (broad SMARTS) is 1. The van der Waals surface area contributed by atoms with Crippen molar-refractivity contribution >= 4 is 34.3 Å². The molecule has 172 valence electrons. The fourth-order valence-electron chi connectivity index (χ4n) is 4.32. The standard InChI is InChI=1S/C22H17F4N3O3S/c1-27-4-6-28(7-5-27)18-14(25)9-12-17(16(18)26)29-20(11-3-2-10(23)8-13(11)24)33-21(29)15(19(12)30)22(31)32/h2-3,8-9,20H,4-7H2,1H3,(H,31,32). The topological polar surface area (TPSA) is 65.8 Å². The van der Waals surface area contributed by atoms with Gasteiger partial charge in [-0.2, -0.15) is 0 Å². The summed E-state index contributed by atoms with van der Waals surface area (Å²) >= 11 is 0.850. The zero-order valence-corrected chi connectivity index (χ0v) is 18.1. The first kappa shape index (κ1) is 21.8. The lowest BCUT2D eigenvalue weighted by Gasteiger charge is -2.37. The first-order valence-corrected chi connectivity index (χ1v) is 11.0. The SMILES string of the molecule is CN1CCN(c2c(F)cc3c(=O)c(C(=O)O)c4n(c3c2F)C(c2ccc(F)cc2F)S4)CC1. The van der Waals surface area contributed by atoms with Crippen LogP contribution in [0.25, 0.3) is 10.9 Å². The van der Waals surface area contributed by atoms with Crippen LogP contribution in [-0.2, 0) is 0 Å². The number of anilines is 1. The van der Waals surface area contributed by atoms with E-state index in [-0.39, 0.29) is 21.8 Å². The number of hydrogen-bond acceptors (Lipinski definition) is 5. The number of pyridine rings is 1. The van der Waals surface area contributed by atoms with Crippen molar-refractivity contribution in [3.05, 3.63) is 68.9 Å². The molecule has 6 nitrogen and oxygen atoms in total. The minimum absolute atomic E-state index is 0.0138. The molecule has 0 amide bonds. The number of nitrogens with zero attached hydrogens (tertiary/aromatic N) is 3. The summed E-state index contributed by atoms with van der Waals surface area (Å²) in [5, 5.41) is 8.11. The number of rotatable bonds is 3. The van der Waals surface area contributed by atoms with Crippen molar-refractivity contribution < 1.29 is 27.5 Å². The van der Waals surface area contributed by atoms with Crippen LogP contribution >= 0.6 is 11.8 Å². The Balaban J connectivity index is 1.79. The molecule has 0 bridgehead atoms. The number of halogens is 4. The van der Waals surface area contributed by atoms with Gasteiger partial charge in [-0.15, -0.1) is 0 Å². The quantitative estimate of drug-likeness (QED) is 0.579. The van der Waals surface area contributed by atoms with Gasteiger partial charge in [0, 0.05) is 37.8 Å². The summed E-state index contributed by atoms with van der Waals surface area (Å²) in [6.45, 7) is 1.86. The summed E-state index contributed by atoms with van der Waals surface area (Å²) < 4.78 is 60.1. The van der Waals surface area contributed by atoms with Crippen LogP contribution in [0.15, 0.2) is 34.1 Å². The third-order valence-corrected chi connectivity index (χ3v) is 7.35. The second-order valence-electron chi connectivity index (χ2n) is 8.03. The van der Waals surface area contributed by atoms with Crippen molar-refractivity contribution in [2.24, 2.45) is 0 Å². The van der Waals surface area contributed by atoms with Gasteiger partial charge >= 0.3 is 5.97 Å². The zero-order valence-electron chi connectivity index (χ0n) is 17.2. The molecule has 0 spiro atoms. The van der Waals surface area contributed by atoms with Gasteiger partial charge in [0.25, 0.3) is 0 Å². The van der Waals surface area contributed by atoms with Gasteiger partial charge in [-0.25, -0.2) is 22.4 Å². The Morgan fingerprint density at radius 2 is 1.76 bits per heavy atom. The first-order valence-electron chi connectivity index (χ1n) is 10.1. The van der Waals surface area contributed by atoms with Gasteiger partial charge in [-0.3, -0.25) is 4.79 Å². The van der Waals surface area contributed by atoms with Gasteiger partial charge in [0.15, 0.2) is 5.82 Å². The molecule has 2 aliphatic heterocycles. The van der Waals surface area contributed by atoms with Crippen LogP contribution in [0.5, 0.6) is 0 Å². The average Bonchev–Trinajstić information content (AvgIpc) is 2.73. The number of benzene rings is 2. The molecule has 0 aliphatic carbocycles. The van der Waals surface area contributed by atoms with Gasteiger partial charge in [0.05, 0.1) is 15.9 Å². The van der Waals surface area contributed by atoms with Crippen LogP contribution < -0.4 is 10.3 Å². The normalized spacial score (nSPS) is 18.3. The molecule has 1 saturated heterocycles. The van der Waals surface area contributed by atoms with E-state index in [1.165, 1.54) is 15.5 Å². The van der Waals surface area contributed by atoms with Crippen molar-refractivity contribution in [2.45, 2.75) is 10.4 Å². The molecule has 33 heavy (non-hydrogen) atoms. The minimum atomic E-state index is -1.56. The van der Waals surface area contributed by atoms with Crippen LogP contribution in [0, 0.1) is 23.3 Å². The van der Waals surface area contributed by atoms with Crippen LogP contribution in [-0.4, -0.2) is 53.8 Å². The summed E-state index contributed by atoms with van der Waals surface area (Å²) in [5.74, 6) is -5.25. The first-order chi connectivity index (χ1) is 15.7. The number of thioether (sulfide) groups is 1. The second-order valence-corrected chi connectivity index (χ2v) is 9.10. The van der Waals surface area contributed by atoms with Crippen LogP contribution in [0.1, 0.15) is 21.3 Å². The Morgan fingerprint density at radius 3 is 2.39 bits per heavy atom. The van der Waals surface area contributed by atoms with Crippen molar-refractivity contribution in [2.75, 3.05) is 38.1 Å². The number of piperazine rings is 1. The molecule has 1 N–H and O–H groups in total. The Kier molecular flexibility index (Phi) is 5.13. The van der Waals surface area contributed by atoms with E-state index in [4.69, 9.17) is 0 Å². The Hall–Kier alpha value is -3.05. The molecule has 5 rings (SSSR count). The van der Waals surface area contributed by atoms with Gasteiger partial charge in [-0.05, 0) is 19.2 Å². The highest BCUT2D eigenvalue weighted by molar-refractivity contribution is 8.00. The molecule has 2 aromatic carbocycles. The summed E-state index contributed by atoms with van der Waals surface area (Å²) in [6.07, 6.45) is 0. The number of hydrogen-bond donors (Lipinski definition) is 1. The fraction of sp³-hybridized carbons (Fsp3) is 0.273. The van der Waals surface area contributed by atoms with E-state index in [1.807, 2.05) is 11.9 Å². The molecule has 1 unspecified atom stereocenters. The van der Waals surface area contributed by atoms with E-state index in [0.29, 0.717) is 32.2 Å². The smallest absolute Gasteiger partial charge is 0.342 e. The van der Waals surface area contributed by atoms with Gasteiger partial charge in [-0.1, -0.05) is 17.8 Å². The molecule has 1 atom stereocenters. The Bertz CT molecular complexity index is 1390. The van der Waals surface area contributed by atoms with Crippen molar-refractivity contribution in [3.8, 4) is 0 Å². The van der Waals surface area contributed by atoms with Crippen molar-refractivity contribution in [3.63, 3.8) is 0 Å². The molecule has 3 heterocycles. The average molecular weight is 479 g/mol. The Morgan fingerprint density at radius 1 is 1.06 bits per heavy atom. The third-order valence-electron chi connectivity index (χ3n) is 6.03. The van der Waals surface area contributed by atoms with Crippen molar-refractivity contribution in [1.29, 1.82) is 0 Å². The van der Waals surface area contributed by atoms with E-state index < -0.39 is 51.0 Å². The van der Waals surface area contributed by atoms with Crippen molar-refractivity contribution in [1.82, 2.24) is 9.47 Å². The number of fused-ring (bicyclic) bond motifs is 3. The van der Waals surface area contributed by atoms with E-state index in [1.54, 1.807) is 0 Å². The van der Waals surface area contributed by atoms with Crippen LogP contribution in [0.3, 0.4) is 0 Å². The zero-order chi connectivity index (χ0) is 23.6. The number of carboxylic acids is 1. The second kappa shape index (κ2) is 7.77. The number of aromatic nitrogens is 1. The van der Waals surface area contributed by atoms with Crippen LogP contribution in [0.4, 0.5) is 23.2 Å². The monoisotopic (exact) mass is 479 g/mol. The maximum Gasteiger partial charge on any atom is 0.342 e. The van der Waals surface area contributed by atoms with E-state index >= 15 is 8.78 Å². The fourth-order valence-corrected chi connectivity index (χ4v) is 5.62. The molecule has 0 radical (unpaired) electrons. The molecule has 3 aromatic rings. The maximum atomic E-state index is 15.9. The molecule has 1 fully saturated rings. The maximum absolute atomic E-state index is 15.9. The molecule has 2 aliphatic rings. The summed E-state index contributed by atoms with van der Waals surface area (Å²) in [6, 6.07) is 3.72. The minimum Gasteiger partial charge on any atom is -0.477 e. The van der Waals surface area contributed by atoms with Gasteiger partial charge in [0.2, 0.25) is 5.43 Å². The highest BCUT2D eigenvalue weighted by Crippen LogP contribution is 2.51. The highest BCUT2D eigenvalue weighted by Gasteiger charge is 2.39. The van der Waals surface area contributed by atoms with E-state index in [9.17, 15) is 23.5 Å². The van der Waals surface area contributed by atoms with Gasteiger partial charge in [0.1, 0.15) is 34.1 Å². The molecule has 11 heteroatoms. The lowest BCUT2D eigenvalue weighted by Crippen LogP contribution is -2.45. The summed E-state index contributed by atoms with van der Waals surface area (Å²) in [4.78, 5) is 28.2.